The van der Waals surface area contributed by atoms with Crippen molar-refractivity contribution >= 4 is 17.9 Å². The van der Waals surface area contributed by atoms with Gasteiger partial charge in [-0.15, -0.1) is 0 Å². The van der Waals surface area contributed by atoms with Crippen molar-refractivity contribution in [1.82, 2.24) is 15.5 Å². The monoisotopic (exact) mass is 475 g/mol. The molecule has 0 saturated heterocycles. The number of carbonyl (C=O) groups is 3. The third-order valence-corrected chi connectivity index (χ3v) is 5.57. The molecule has 0 bridgehead atoms. The molecule has 0 aliphatic rings. The van der Waals surface area contributed by atoms with Gasteiger partial charge in [-0.25, -0.2) is 4.79 Å². The molecule has 0 radical (unpaired) electrons. The van der Waals surface area contributed by atoms with Crippen LogP contribution >= 0.6 is 0 Å². The molecule has 192 valence electrons. The van der Waals surface area contributed by atoms with Gasteiger partial charge in [0.2, 0.25) is 11.8 Å². The maximum Gasteiger partial charge on any atom is 0.408 e. The average molecular weight is 476 g/mol. The summed E-state index contributed by atoms with van der Waals surface area (Å²) in [6.07, 6.45) is 0.814. The van der Waals surface area contributed by atoms with Crippen molar-refractivity contribution in [1.29, 1.82) is 0 Å². The van der Waals surface area contributed by atoms with E-state index in [0.29, 0.717) is 6.42 Å². The van der Waals surface area contributed by atoms with Gasteiger partial charge >= 0.3 is 6.09 Å². The van der Waals surface area contributed by atoms with E-state index >= 15 is 0 Å². The van der Waals surface area contributed by atoms with Gasteiger partial charge in [0.05, 0.1) is 0 Å². The smallest absolute Gasteiger partial charge is 0.408 e. The van der Waals surface area contributed by atoms with Crippen molar-refractivity contribution in [2.75, 3.05) is 0 Å². The second kappa shape index (κ2) is 11.2. The number of hydrogen-bond acceptors (Lipinski definition) is 4. The van der Waals surface area contributed by atoms with Crippen LogP contribution < -0.4 is 10.6 Å². The molecule has 0 heterocycles. The SMILES string of the molecule is CCc1ccc(C(C(=O)NC(C)(C)C)N(C(=O)C(C)NC(=O)OC(C)(C)C)C(C)(C)CC)cc1. The normalized spacial score (nSPS) is 14.1. The van der Waals surface area contributed by atoms with E-state index in [9.17, 15) is 14.4 Å². The van der Waals surface area contributed by atoms with E-state index in [1.165, 1.54) is 0 Å². The van der Waals surface area contributed by atoms with Gasteiger partial charge in [-0.05, 0) is 86.3 Å². The average Bonchev–Trinajstić information content (AvgIpc) is 2.68. The molecule has 34 heavy (non-hydrogen) atoms. The molecular weight excluding hydrogens is 430 g/mol. The molecule has 7 heteroatoms. The summed E-state index contributed by atoms with van der Waals surface area (Å²) in [5, 5.41) is 5.68. The number of rotatable bonds is 8. The maximum atomic E-state index is 13.8. The molecule has 3 amide bonds. The van der Waals surface area contributed by atoms with Crippen LogP contribution in [-0.2, 0) is 20.7 Å². The Morgan fingerprint density at radius 3 is 1.88 bits per heavy atom. The molecule has 7 nitrogen and oxygen atoms in total. The first-order valence-electron chi connectivity index (χ1n) is 12.2. The van der Waals surface area contributed by atoms with E-state index in [2.05, 4.69) is 17.6 Å². The van der Waals surface area contributed by atoms with Crippen molar-refractivity contribution < 1.29 is 19.1 Å². The van der Waals surface area contributed by atoms with Crippen molar-refractivity contribution in [2.24, 2.45) is 0 Å². The molecule has 0 fully saturated rings. The zero-order valence-corrected chi connectivity index (χ0v) is 23.0. The highest BCUT2D eigenvalue weighted by molar-refractivity contribution is 5.92. The summed E-state index contributed by atoms with van der Waals surface area (Å²) < 4.78 is 5.33. The lowest BCUT2D eigenvalue weighted by Gasteiger charge is -2.45. The van der Waals surface area contributed by atoms with Crippen LogP contribution in [0.25, 0.3) is 0 Å². The topological polar surface area (TPSA) is 87.7 Å². The second-order valence-corrected chi connectivity index (χ2v) is 11.5. The van der Waals surface area contributed by atoms with Crippen molar-refractivity contribution in [3.63, 3.8) is 0 Å². The predicted octanol–water partition coefficient (Wildman–Crippen LogP) is 5.14. The predicted molar refractivity (Wildman–Crippen MR) is 137 cm³/mol. The van der Waals surface area contributed by atoms with E-state index in [-0.39, 0.29) is 11.8 Å². The minimum Gasteiger partial charge on any atom is -0.444 e. The third-order valence-electron chi connectivity index (χ3n) is 5.57. The summed E-state index contributed by atoms with van der Waals surface area (Å²) in [6, 6.07) is 6.02. The molecule has 1 aromatic carbocycles. The van der Waals surface area contributed by atoms with Crippen LogP contribution in [0.4, 0.5) is 4.79 Å². The second-order valence-electron chi connectivity index (χ2n) is 11.5. The summed E-state index contributed by atoms with van der Waals surface area (Å²) in [5.41, 5.74) is 0.0319. The molecule has 2 N–H and O–H groups in total. The van der Waals surface area contributed by atoms with Crippen LogP contribution in [0.1, 0.15) is 99.8 Å². The Morgan fingerprint density at radius 1 is 0.941 bits per heavy atom. The fourth-order valence-electron chi connectivity index (χ4n) is 3.49. The molecule has 1 rings (SSSR count). The van der Waals surface area contributed by atoms with E-state index < -0.39 is 34.9 Å². The molecule has 0 aliphatic heterocycles. The van der Waals surface area contributed by atoms with Crippen LogP contribution in [-0.4, -0.2) is 45.5 Å². The highest BCUT2D eigenvalue weighted by Crippen LogP contribution is 2.32. The quantitative estimate of drug-likeness (QED) is 0.545. The minimum atomic E-state index is -0.888. The largest absolute Gasteiger partial charge is 0.444 e. The molecule has 0 saturated carbocycles. The molecule has 0 spiro atoms. The molecular formula is C27H45N3O4. The first-order chi connectivity index (χ1) is 15.4. The lowest BCUT2D eigenvalue weighted by molar-refractivity contribution is -0.149. The van der Waals surface area contributed by atoms with Crippen LogP contribution in [0.3, 0.4) is 0 Å². The van der Waals surface area contributed by atoms with Crippen LogP contribution in [0.5, 0.6) is 0 Å². The third kappa shape index (κ3) is 8.65. The Labute approximate surface area is 206 Å². The summed E-state index contributed by atoms with van der Waals surface area (Å²) in [7, 11) is 0. The highest BCUT2D eigenvalue weighted by atomic mass is 16.6. The van der Waals surface area contributed by atoms with Crippen molar-refractivity contribution in [3.8, 4) is 0 Å². The van der Waals surface area contributed by atoms with Crippen LogP contribution in [0.2, 0.25) is 0 Å². The summed E-state index contributed by atoms with van der Waals surface area (Å²) in [6.45, 7) is 20.5. The van der Waals surface area contributed by atoms with Crippen molar-refractivity contribution in [3.05, 3.63) is 35.4 Å². The van der Waals surface area contributed by atoms with E-state index in [1.54, 1.807) is 32.6 Å². The number of benzene rings is 1. The number of alkyl carbamates (subject to hydrolysis) is 1. The van der Waals surface area contributed by atoms with Gasteiger partial charge in [-0.2, -0.15) is 0 Å². The van der Waals surface area contributed by atoms with Gasteiger partial charge in [0.1, 0.15) is 17.7 Å². The van der Waals surface area contributed by atoms with E-state index in [0.717, 1.165) is 17.5 Å². The Morgan fingerprint density at radius 2 is 1.47 bits per heavy atom. The van der Waals surface area contributed by atoms with Crippen LogP contribution in [0.15, 0.2) is 24.3 Å². The van der Waals surface area contributed by atoms with Gasteiger partial charge in [0.15, 0.2) is 0 Å². The molecule has 0 aliphatic carbocycles. The van der Waals surface area contributed by atoms with Gasteiger partial charge in [-0.3, -0.25) is 9.59 Å². The summed E-state index contributed by atoms with van der Waals surface area (Å²) >= 11 is 0. The number of ether oxygens (including phenoxy) is 1. The summed E-state index contributed by atoms with van der Waals surface area (Å²) in [5.74, 6) is -0.623. The maximum absolute atomic E-state index is 13.8. The number of carbonyl (C=O) groups excluding carboxylic acids is 3. The Hall–Kier alpha value is -2.57. The zero-order valence-electron chi connectivity index (χ0n) is 23.0. The minimum absolute atomic E-state index is 0.268. The van der Waals surface area contributed by atoms with Crippen molar-refractivity contribution in [2.45, 2.75) is 118 Å². The first kappa shape index (κ1) is 29.5. The number of amides is 3. The number of nitrogens with zero attached hydrogens (tertiary/aromatic N) is 1. The number of hydrogen-bond donors (Lipinski definition) is 2. The van der Waals surface area contributed by atoms with Gasteiger partial charge in [0, 0.05) is 11.1 Å². The Bertz CT molecular complexity index is 848. The first-order valence-corrected chi connectivity index (χ1v) is 12.2. The van der Waals surface area contributed by atoms with Gasteiger partial charge in [-0.1, -0.05) is 38.1 Å². The molecule has 2 unspecified atom stereocenters. The highest BCUT2D eigenvalue weighted by Gasteiger charge is 2.42. The number of nitrogens with one attached hydrogen (secondary N) is 2. The van der Waals surface area contributed by atoms with Gasteiger partial charge in [0.25, 0.3) is 0 Å². The molecule has 1 aromatic rings. The zero-order chi connectivity index (χ0) is 26.5. The van der Waals surface area contributed by atoms with Crippen LogP contribution in [0, 0.1) is 0 Å². The Kier molecular flexibility index (Phi) is 9.74. The lowest BCUT2D eigenvalue weighted by atomic mass is 9.91. The molecule has 0 aromatic heterocycles. The Balaban J connectivity index is 3.51. The van der Waals surface area contributed by atoms with Gasteiger partial charge < -0.3 is 20.3 Å². The standard InChI is InChI=1S/C27H45N3O4/c1-12-19-14-16-20(17-15-19)21(22(31)29-25(4,5)6)30(27(10,11)13-2)23(32)18(3)28-24(33)34-26(7,8)9/h14-18,21H,12-13H2,1-11H3,(H,28,33)(H,29,31). The lowest BCUT2D eigenvalue weighted by Crippen LogP contribution is -2.59. The molecule has 2 atom stereocenters. The number of aryl methyl sites for hydroxylation is 1. The van der Waals surface area contributed by atoms with E-state index in [1.807, 2.05) is 65.8 Å². The van der Waals surface area contributed by atoms with E-state index in [4.69, 9.17) is 4.74 Å². The summed E-state index contributed by atoms with van der Waals surface area (Å²) in [4.78, 5) is 41.4. The fraction of sp³-hybridized carbons (Fsp3) is 0.667. The fourth-order valence-corrected chi connectivity index (χ4v) is 3.49.